The fraction of sp³-hybridized carbons (Fsp3) is 0.333. The molecule has 0 radical (unpaired) electrons. The molecule has 1 N–H and O–H groups in total. The number of esters is 1. The Morgan fingerprint density at radius 3 is 2.57 bits per heavy atom. The smallest absolute Gasteiger partial charge is 0.344 e. The third-order valence-corrected chi connectivity index (χ3v) is 4.34. The van der Waals surface area contributed by atoms with Crippen molar-refractivity contribution < 1.29 is 14.3 Å². The molecule has 146 valence electrons. The van der Waals surface area contributed by atoms with Gasteiger partial charge in [0.2, 0.25) is 5.91 Å². The molecular weight excluding hydrogens is 356 g/mol. The number of aromatic nitrogens is 3. The van der Waals surface area contributed by atoms with E-state index in [0.29, 0.717) is 41.2 Å². The molecule has 0 saturated heterocycles. The first-order chi connectivity index (χ1) is 13.6. The first-order valence-corrected chi connectivity index (χ1v) is 9.41. The van der Waals surface area contributed by atoms with Gasteiger partial charge < -0.3 is 14.6 Å². The van der Waals surface area contributed by atoms with Crippen LogP contribution in [0.2, 0.25) is 0 Å². The maximum atomic E-state index is 12.9. The van der Waals surface area contributed by atoms with E-state index in [4.69, 9.17) is 4.74 Å². The fourth-order valence-electron chi connectivity index (χ4n) is 3.09. The van der Waals surface area contributed by atoms with Crippen LogP contribution in [0.5, 0.6) is 0 Å². The molecule has 0 fully saturated rings. The number of amides is 1. The van der Waals surface area contributed by atoms with Gasteiger partial charge >= 0.3 is 5.97 Å². The van der Waals surface area contributed by atoms with E-state index in [1.165, 1.54) is 6.92 Å². The Kier molecular flexibility index (Phi) is 6.03. The molecule has 0 aliphatic heterocycles. The van der Waals surface area contributed by atoms with Crippen molar-refractivity contribution in [1.82, 2.24) is 14.5 Å². The van der Waals surface area contributed by atoms with Crippen molar-refractivity contribution in [3.05, 3.63) is 42.5 Å². The first-order valence-electron chi connectivity index (χ1n) is 9.41. The third-order valence-electron chi connectivity index (χ3n) is 4.34. The fourth-order valence-corrected chi connectivity index (χ4v) is 3.09. The molecule has 28 heavy (non-hydrogen) atoms. The highest BCUT2D eigenvalue weighted by molar-refractivity contribution is 6.11. The molecule has 1 aromatic carbocycles. The number of carbonyl (C=O) groups is 2. The van der Waals surface area contributed by atoms with Crippen LogP contribution in [0.25, 0.3) is 22.2 Å². The lowest BCUT2D eigenvalue weighted by molar-refractivity contribution is -0.114. The Labute approximate surface area is 163 Å². The molecule has 0 saturated carbocycles. The average molecular weight is 380 g/mol. The zero-order valence-electron chi connectivity index (χ0n) is 16.2. The van der Waals surface area contributed by atoms with Gasteiger partial charge in [-0.1, -0.05) is 38.0 Å². The number of para-hydroxylation sites is 2. The largest absolute Gasteiger partial charge is 0.462 e. The summed E-state index contributed by atoms with van der Waals surface area (Å²) in [4.78, 5) is 34.0. The normalized spacial score (nSPS) is 10.9. The third kappa shape index (κ3) is 3.88. The molecular formula is C21H24N4O3. The van der Waals surface area contributed by atoms with Crippen LogP contribution < -0.4 is 5.32 Å². The van der Waals surface area contributed by atoms with E-state index < -0.39 is 5.97 Å². The van der Waals surface area contributed by atoms with Crippen LogP contribution in [0.15, 0.2) is 36.9 Å². The molecule has 2 aromatic heterocycles. The minimum absolute atomic E-state index is 0.224. The second kappa shape index (κ2) is 8.65. The number of rotatable bonds is 8. The molecule has 0 spiro atoms. The second-order valence-electron chi connectivity index (χ2n) is 6.53. The van der Waals surface area contributed by atoms with Crippen LogP contribution in [0, 0.1) is 0 Å². The van der Waals surface area contributed by atoms with Crippen molar-refractivity contribution in [3.8, 4) is 0 Å². The molecule has 0 aliphatic carbocycles. The summed E-state index contributed by atoms with van der Waals surface area (Å²) in [6, 6.07) is 7.43. The van der Waals surface area contributed by atoms with Crippen LogP contribution in [0.1, 0.15) is 43.5 Å². The number of allylic oxidation sites excluding steroid dienone is 1. The number of ether oxygens (including phenoxy) is 1. The Morgan fingerprint density at radius 2 is 1.93 bits per heavy atom. The van der Waals surface area contributed by atoms with Crippen LogP contribution in [0.3, 0.4) is 0 Å². The summed E-state index contributed by atoms with van der Waals surface area (Å²) >= 11 is 0. The Balaban J connectivity index is 2.19. The van der Waals surface area contributed by atoms with E-state index >= 15 is 0 Å². The quantitative estimate of drug-likeness (QED) is 0.362. The van der Waals surface area contributed by atoms with Gasteiger partial charge in [0.25, 0.3) is 0 Å². The maximum Gasteiger partial charge on any atom is 0.344 e. The van der Waals surface area contributed by atoms with Gasteiger partial charge in [0.1, 0.15) is 16.9 Å². The van der Waals surface area contributed by atoms with Gasteiger partial charge in [-0.15, -0.1) is 6.58 Å². The summed E-state index contributed by atoms with van der Waals surface area (Å²) in [5, 5.41) is 2.75. The second-order valence-corrected chi connectivity index (χ2v) is 6.53. The number of nitrogens with zero attached hydrogens (tertiary/aromatic N) is 3. The van der Waals surface area contributed by atoms with Gasteiger partial charge in [-0.25, -0.2) is 14.8 Å². The van der Waals surface area contributed by atoms with Gasteiger partial charge in [0, 0.05) is 13.5 Å². The highest BCUT2D eigenvalue weighted by Crippen LogP contribution is 2.30. The van der Waals surface area contributed by atoms with Crippen molar-refractivity contribution in [3.63, 3.8) is 0 Å². The number of benzene rings is 1. The van der Waals surface area contributed by atoms with Crippen molar-refractivity contribution in [2.45, 2.75) is 39.7 Å². The van der Waals surface area contributed by atoms with Gasteiger partial charge in [-0.05, 0) is 18.6 Å². The number of unbranched alkanes of at least 4 members (excludes halogenated alkanes) is 2. The van der Waals surface area contributed by atoms with Crippen LogP contribution >= 0.6 is 0 Å². The van der Waals surface area contributed by atoms with Gasteiger partial charge in [0.15, 0.2) is 5.65 Å². The summed E-state index contributed by atoms with van der Waals surface area (Å²) in [7, 11) is 0. The lowest BCUT2D eigenvalue weighted by Crippen LogP contribution is -2.15. The lowest BCUT2D eigenvalue weighted by Gasteiger charge is -2.10. The zero-order chi connectivity index (χ0) is 20.1. The predicted octanol–water partition coefficient (Wildman–Crippen LogP) is 4.08. The lowest BCUT2D eigenvalue weighted by atomic mass is 10.2. The molecule has 0 bridgehead atoms. The van der Waals surface area contributed by atoms with Crippen molar-refractivity contribution in [2.24, 2.45) is 0 Å². The van der Waals surface area contributed by atoms with E-state index in [1.807, 2.05) is 24.3 Å². The highest BCUT2D eigenvalue weighted by atomic mass is 16.5. The summed E-state index contributed by atoms with van der Waals surface area (Å²) in [5.41, 5.74) is 2.50. The van der Waals surface area contributed by atoms with Gasteiger partial charge in [-0.2, -0.15) is 0 Å². The van der Waals surface area contributed by atoms with Gasteiger partial charge in [0.05, 0.1) is 17.6 Å². The molecule has 7 nitrogen and oxygen atoms in total. The molecule has 0 aliphatic rings. The minimum atomic E-state index is -0.516. The first kappa shape index (κ1) is 19.5. The summed E-state index contributed by atoms with van der Waals surface area (Å²) < 4.78 is 7.19. The summed E-state index contributed by atoms with van der Waals surface area (Å²) in [6.07, 6.45) is 4.48. The van der Waals surface area contributed by atoms with Crippen LogP contribution in [-0.4, -0.2) is 33.0 Å². The number of hydrogen-bond donors (Lipinski definition) is 1. The van der Waals surface area contributed by atoms with E-state index in [9.17, 15) is 9.59 Å². The SMILES string of the molecule is C=CCn1c(NC(C)=O)c(C(=O)OCCCCC)c2nc3ccccc3nc21. The van der Waals surface area contributed by atoms with E-state index in [1.54, 1.807) is 10.6 Å². The van der Waals surface area contributed by atoms with Crippen LogP contribution in [0.4, 0.5) is 5.82 Å². The van der Waals surface area contributed by atoms with Crippen LogP contribution in [-0.2, 0) is 16.1 Å². The van der Waals surface area contributed by atoms with E-state index in [0.717, 1.165) is 19.3 Å². The molecule has 0 unspecified atom stereocenters. The Morgan fingerprint density at radius 1 is 1.21 bits per heavy atom. The average Bonchev–Trinajstić information content (AvgIpc) is 2.95. The molecule has 2 heterocycles. The van der Waals surface area contributed by atoms with E-state index in [-0.39, 0.29) is 11.5 Å². The standard InChI is InChI=1S/C21H24N4O3/c1-4-6-9-13-28-21(27)17-18-20(24-16-11-8-7-10-15(16)23-18)25(12-5-2)19(17)22-14(3)26/h5,7-8,10-11H,2,4,6,9,12-13H2,1,3H3,(H,22,26). The highest BCUT2D eigenvalue weighted by Gasteiger charge is 2.27. The molecule has 3 aromatic rings. The van der Waals surface area contributed by atoms with Crippen molar-refractivity contribution >= 4 is 39.9 Å². The van der Waals surface area contributed by atoms with Gasteiger partial charge in [-0.3, -0.25) is 4.79 Å². The topological polar surface area (TPSA) is 86.1 Å². The summed E-state index contributed by atoms with van der Waals surface area (Å²) in [5.74, 6) is -0.479. The Hall–Kier alpha value is -3.22. The number of nitrogens with one attached hydrogen (secondary N) is 1. The van der Waals surface area contributed by atoms with E-state index in [2.05, 4.69) is 28.8 Å². The van der Waals surface area contributed by atoms with Crippen molar-refractivity contribution in [2.75, 3.05) is 11.9 Å². The molecule has 0 atom stereocenters. The minimum Gasteiger partial charge on any atom is -0.462 e. The number of carbonyl (C=O) groups excluding carboxylic acids is 2. The number of fused-ring (bicyclic) bond motifs is 2. The number of hydrogen-bond acceptors (Lipinski definition) is 5. The predicted molar refractivity (Wildman–Crippen MR) is 109 cm³/mol. The number of anilines is 1. The maximum absolute atomic E-state index is 12.9. The molecule has 1 amide bonds. The Bertz CT molecular complexity index is 1040. The van der Waals surface area contributed by atoms with Crippen molar-refractivity contribution in [1.29, 1.82) is 0 Å². The summed E-state index contributed by atoms with van der Waals surface area (Å²) in [6.45, 7) is 7.93. The molecule has 7 heteroatoms. The monoisotopic (exact) mass is 380 g/mol. The molecule has 3 rings (SSSR count). The zero-order valence-corrected chi connectivity index (χ0v) is 16.2.